The first kappa shape index (κ1) is 18.7. The van der Waals surface area contributed by atoms with Crippen LogP contribution in [-0.4, -0.2) is 30.9 Å². The summed E-state index contributed by atoms with van der Waals surface area (Å²) in [5.41, 5.74) is 6.78. The summed E-state index contributed by atoms with van der Waals surface area (Å²) in [6.07, 6.45) is 0. The van der Waals surface area contributed by atoms with Gasteiger partial charge in [0.1, 0.15) is 5.82 Å². The Balaban J connectivity index is 1.71. The maximum atomic E-state index is 12.2. The molecule has 0 atom stereocenters. The number of ether oxygens (including phenoxy) is 1. The molecule has 0 radical (unpaired) electrons. The van der Waals surface area contributed by atoms with Gasteiger partial charge in [-0.1, -0.05) is 19.1 Å². The highest BCUT2D eigenvalue weighted by Crippen LogP contribution is 2.18. The molecule has 0 amide bonds. The van der Waals surface area contributed by atoms with Crippen molar-refractivity contribution < 1.29 is 17.9 Å². The number of anilines is 1. The Morgan fingerprint density at radius 2 is 1.81 bits per heavy atom. The van der Waals surface area contributed by atoms with Gasteiger partial charge in [0.2, 0.25) is 10.0 Å². The van der Waals surface area contributed by atoms with Crippen molar-refractivity contribution in [3.8, 4) is 0 Å². The smallest absolute Gasteiger partial charge is 0.338 e. The van der Waals surface area contributed by atoms with Gasteiger partial charge < -0.3 is 10.5 Å². The number of esters is 1. The molecule has 0 spiro atoms. The number of nitrogens with zero attached hydrogens (tertiary/aromatic N) is 2. The van der Waals surface area contributed by atoms with Gasteiger partial charge in [0.25, 0.3) is 0 Å². The summed E-state index contributed by atoms with van der Waals surface area (Å²) in [6, 6.07) is 12.7. The number of hydrogen-bond donors (Lipinski definition) is 2. The zero-order chi connectivity index (χ0) is 19.4. The number of carbonyl (C=O) groups is 1. The highest BCUT2D eigenvalue weighted by Gasteiger charge is 2.15. The minimum absolute atomic E-state index is 0.0755. The minimum atomic E-state index is -3.57. The zero-order valence-electron chi connectivity index (χ0n) is 14.5. The number of hydrogen-bond acceptors (Lipinski definition) is 7. The van der Waals surface area contributed by atoms with E-state index >= 15 is 0 Å². The van der Waals surface area contributed by atoms with Gasteiger partial charge in [-0.15, -0.1) is 0 Å². The number of nitrogen functional groups attached to an aromatic ring is 1. The third-order valence-electron chi connectivity index (χ3n) is 3.75. The van der Waals surface area contributed by atoms with E-state index in [1.807, 2.05) is 18.2 Å². The van der Waals surface area contributed by atoms with Gasteiger partial charge in [-0.25, -0.2) is 27.9 Å². The van der Waals surface area contributed by atoms with E-state index in [1.165, 1.54) is 24.3 Å². The average molecular weight is 386 g/mol. The second kappa shape index (κ2) is 7.68. The minimum Gasteiger partial charge on any atom is -0.454 e. The van der Waals surface area contributed by atoms with Crippen molar-refractivity contribution in [3.63, 3.8) is 0 Å². The first-order valence-corrected chi connectivity index (χ1v) is 9.67. The first-order valence-electron chi connectivity index (χ1n) is 8.18. The SMILES string of the molecule is CCNS(=O)(=O)c1ccc(C(=O)OCc2nc(N)c3ccccc3n2)cc1. The second-order valence-corrected chi connectivity index (χ2v) is 7.41. The van der Waals surface area contributed by atoms with Gasteiger partial charge in [0, 0.05) is 11.9 Å². The highest BCUT2D eigenvalue weighted by molar-refractivity contribution is 7.89. The molecular formula is C18H18N4O4S. The third kappa shape index (κ3) is 4.21. The van der Waals surface area contributed by atoms with Crippen molar-refractivity contribution in [1.82, 2.24) is 14.7 Å². The van der Waals surface area contributed by atoms with Crippen LogP contribution in [0.1, 0.15) is 23.1 Å². The number of carbonyl (C=O) groups excluding carboxylic acids is 1. The Labute approximate surface area is 156 Å². The molecule has 1 heterocycles. The maximum Gasteiger partial charge on any atom is 0.338 e. The molecule has 9 heteroatoms. The van der Waals surface area contributed by atoms with Crippen LogP contribution in [0, 0.1) is 0 Å². The van der Waals surface area contributed by atoms with Gasteiger partial charge in [-0.3, -0.25) is 0 Å². The molecule has 0 saturated heterocycles. The Morgan fingerprint density at radius 1 is 1.11 bits per heavy atom. The summed E-state index contributed by atoms with van der Waals surface area (Å²) in [4.78, 5) is 20.7. The summed E-state index contributed by atoms with van der Waals surface area (Å²) < 4.78 is 31.4. The normalized spacial score (nSPS) is 11.4. The van der Waals surface area contributed by atoms with E-state index in [4.69, 9.17) is 10.5 Å². The van der Waals surface area contributed by atoms with E-state index in [0.29, 0.717) is 11.3 Å². The van der Waals surface area contributed by atoms with Crippen molar-refractivity contribution in [2.75, 3.05) is 12.3 Å². The Hall–Kier alpha value is -3.04. The number of nitrogens with two attached hydrogens (primary N) is 1. The molecule has 3 rings (SSSR count). The van der Waals surface area contributed by atoms with Crippen LogP contribution in [-0.2, 0) is 21.4 Å². The van der Waals surface area contributed by atoms with E-state index in [0.717, 1.165) is 5.39 Å². The number of benzene rings is 2. The summed E-state index contributed by atoms with van der Waals surface area (Å²) in [5.74, 6) is -0.0201. The fraction of sp³-hybridized carbons (Fsp3) is 0.167. The summed E-state index contributed by atoms with van der Waals surface area (Å²) >= 11 is 0. The largest absolute Gasteiger partial charge is 0.454 e. The van der Waals surface area contributed by atoms with Crippen molar-refractivity contribution in [3.05, 3.63) is 59.9 Å². The van der Waals surface area contributed by atoms with Gasteiger partial charge in [-0.2, -0.15) is 0 Å². The Bertz CT molecular complexity index is 1080. The molecule has 0 fully saturated rings. The van der Waals surface area contributed by atoms with Gasteiger partial charge in [0.15, 0.2) is 12.4 Å². The molecule has 27 heavy (non-hydrogen) atoms. The fourth-order valence-electron chi connectivity index (χ4n) is 2.47. The van der Waals surface area contributed by atoms with E-state index in [-0.39, 0.29) is 29.4 Å². The standard InChI is InChI=1S/C18H18N4O4S/c1-2-20-27(24,25)13-9-7-12(8-10-13)18(23)26-11-16-21-15-6-4-3-5-14(15)17(19)22-16/h3-10,20H,2,11H2,1H3,(H2,19,21,22). The molecular weight excluding hydrogens is 368 g/mol. The van der Waals surface area contributed by atoms with Gasteiger partial charge >= 0.3 is 5.97 Å². The Kier molecular flexibility index (Phi) is 5.33. The number of aromatic nitrogens is 2. The molecule has 140 valence electrons. The van der Waals surface area contributed by atoms with Crippen molar-refractivity contribution in [2.24, 2.45) is 0 Å². The van der Waals surface area contributed by atoms with Crippen LogP contribution < -0.4 is 10.5 Å². The molecule has 3 aromatic rings. The second-order valence-electron chi connectivity index (χ2n) is 5.64. The molecule has 3 N–H and O–H groups in total. The molecule has 8 nitrogen and oxygen atoms in total. The van der Waals surface area contributed by atoms with Crippen LogP contribution >= 0.6 is 0 Å². The number of nitrogens with one attached hydrogen (secondary N) is 1. The average Bonchev–Trinajstić information content (AvgIpc) is 2.66. The lowest BCUT2D eigenvalue weighted by molar-refractivity contribution is 0.0462. The molecule has 1 aromatic heterocycles. The van der Waals surface area contributed by atoms with Crippen LogP contribution in [0.4, 0.5) is 5.82 Å². The van der Waals surface area contributed by atoms with Gasteiger partial charge in [-0.05, 0) is 36.4 Å². The summed E-state index contributed by atoms with van der Waals surface area (Å²) in [6.45, 7) is 1.82. The van der Waals surface area contributed by atoms with Crippen LogP contribution in [0.2, 0.25) is 0 Å². The van der Waals surface area contributed by atoms with Crippen LogP contribution in [0.25, 0.3) is 10.9 Å². The van der Waals surface area contributed by atoms with Crippen molar-refractivity contribution in [2.45, 2.75) is 18.4 Å². The lowest BCUT2D eigenvalue weighted by Crippen LogP contribution is -2.23. The predicted octanol–water partition coefficient (Wildman–Crippen LogP) is 1.87. The van der Waals surface area contributed by atoms with Crippen LogP contribution in [0.5, 0.6) is 0 Å². The molecule has 0 saturated carbocycles. The van der Waals surface area contributed by atoms with E-state index in [1.54, 1.807) is 13.0 Å². The van der Waals surface area contributed by atoms with Crippen LogP contribution in [0.3, 0.4) is 0 Å². The van der Waals surface area contributed by atoms with E-state index < -0.39 is 16.0 Å². The molecule has 0 aliphatic carbocycles. The zero-order valence-corrected chi connectivity index (χ0v) is 15.4. The quantitative estimate of drug-likeness (QED) is 0.620. The molecule has 0 aliphatic heterocycles. The Morgan fingerprint density at radius 3 is 2.52 bits per heavy atom. The molecule has 0 unspecified atom stereocenters. The number of fused-ring (bicyclic) bond motifs is 1. The molecule has 2 aromatic carbocycles. The molecule has 0 bridgehead atoms. The number of para-hydroxylation sites is 1. The monoisotopic (exact) mass is 386 g/mol. The number of sulfonamides is 1. The van der Waals surface area contributed by atoms with Gasteiger partial charge in [0.05, 0.1) is 16.0 Å². The highest BCUT2D eigenvalue weighted by atomic mass is 32.2. The van der Waals surface area contributed by atoms with E-state index in [2.05, 4.69) is 14.7 Å². The maximum absolute atomic E-state index is 12.2. The lowest BCUT2D eigenvalue weighted by Gasteiger charge is -2.08. The lowest BCUT2D eigenvalue weighted by atomic mass is 10.2. The number of rotatable bonds is 6. The van der Waals surface area contributed by atoms with Crippen molar-refractivity contribution >= 4 is 32.7 Å². The summed E-state index contributed by atoms with van der Waals surface area (Å²) in [5, 5.41) is 0.727. The molecule has 0 aliphatic rings. The van der Waals surface area contributed by atoms with E-state index in [9.17, 15) is 13.2 Å². The fourth-order valence-corrected chi connectivity index (χ4v) is 3.51. The van der Waals surface area contributed by atoms with Crippen LogP contribution in [0.15, 0.2) is 53.4 Å². The third-order valence-corrected chi connectivity index (χ3v) is 5.31. The predicted molar refractivity (Wildman–Crippen MR) is 100 cm³/mol. The first-order chi connectivity index (χ1) is 12.9. The summed E-state index contributed by atoms with van der Waals surface area (Å²) in [7, 11) is -3.57. The van der Waals surface area contributed by atoms with Crippen molar-refractivity contribution in [1.29, 1.82) is 0 Å². The topological polar surface area (TPSA) is 124 Å².